The van der Waals surface area contributed by atoms with Crippen LogP contribution in [0.2, 0.25) is 5.02 Å². The number of benzene rings is 2. The molecule has 0 unspecified atom stereocenters. The third kappa shape index (κ3) is 4.98. The Morgan fingerprint density at radius 3 is 2.56 bits per heavy atom. The number of ether oxygens (including phenoxy) is 1. The van der Waals surface area contributed by atoms with E-state index in [2.05, 4.69) is 5.32 Å². The summed E-state index contributed by atoms with van der Waals surface area (Å²) in [6, 6.07) is 11.8. The predicted octanol–water partition coefficient (Wildman–Crippen LogP) is 3.30. The second-order valence-corrected chi connectivity index (χ2v) is 10.4. The van der Waals surface area contributed by atoms with Crippen LogP contribution in [0, 0.1) is 0 Å². The highest BCUT2D eigenvalue weighted by Crippen LogP contribution is 2.30. The Balaban J connectivity index is 1.46. The summed E-state index contributed by atoms with van der Waals surface area (Å²) >= 11 is 6.21. The van der Waals surface area contributed by atoms with Crippen molar-refractivity contribution in [2.45, 2.75) is 49.6 Å². The molecule has 170 valence electrons. The molecule has 2 aromatic carbocycles. The fourth-order valence-corrected chi connectivity index (χ4v) is 6.12. The number of nitrogens with zero attached hydrogens (tertiary/aromatic N) is 1. The van der Waals surface area contributed by atoms with E-state index in [0.29, 0.717) is 13.0 Å². The number of carbonyl (C=O) groups is 2. The van der Waals surface area contributed by atoms with Gasteiger partial charge in [0.05, 0.1) is 10.6 Å². The van der Waals surface area contributed by atoms with Crippen LogP contribution in [0.25, 0.3) is 0 Å². The molecule has 32 heavy (non-hydrogen) atoms. The molecular formula is C23H25ClN2O5S. The summed E-state index contributed by atoms with van der Waals surface area (Å²) in [5.74, 6) is -1.14. The zero-order valence-electron chi connectivity index (χ0n) is 17.6. The van der Waals surface area contributed by atoms with Crippen LogP contribution in [-0.2, 0) is 32.5 Å². The van der Waals surface area contributed by atoms with E-state index >= 15 is 0 Å². The van der Waals surface area contributed by atoms with E-state index in [9.17, 15) is 18.0 Å². The highest BCUT2D eigenvalue weighted by atomic mass is 35.5. The highest BCUT2D eigenvalue weighted by Gasteiger charge is 2.31. The number of hydrogen-bond acceptors (Lipinski definition) is 5. The van der Waals surface area contributed by atoms with Crippen molar-refractivity contribution in [3.05, 3.63) is 64.2 Å². The number of nitrogens with one attached hydrogen (secondary N) is 1. The molecule has 1 N–H and O–H groups in total. The van der Waals surface area contributed by atoms with Crippen molar-refractivity contribution >= 4 is 33.5 Å². The van der Waals surface area contributed by atoms with Gasteiger partial charge in [-0.25, -0.2) is 13.2 Å². The van der Waals surface area contributed by atoms with E-state index in [-0.39, 0.29) is 34.0 Å². The maximum Gasteiger partial charge on any atom is 0.338 e. The molecule has 0 atom stereocenters. The van der Waals surface area contributed by atoms with Gasteiger partial charge in [-0.2, -0.15) is 4.31 Å². The van der Waals surface area contributed by atoms with Gasteiger partial charge in [0.15, 0.2) is 6.61 Å². The van der Waals surface area contributed by atoms with Crippen LogP contribution in [0.3, 0.4) is 0 Å². The molecule has 7 nitrogen and oxygen atoms in total. The highest BCUT2D eigenvalue weighted by molar-refractivity contribution is 7.89. The lowest BCUT2D eigenvalue weighted by molar-refractivity contribution is -0.124. The molecule has 0 bridgehead atoms. The Morgan fingerprint density at radius 1 is 1.09 bits per heavy atom. The maximum atomic E-state index is 13.3. The van der Waals surface area contributed by atoms with E-state index in [1.54, 1.807) is 0 Å². The van der Waals surface area contributed by atoms with Crippen molar-refractivity contribution < 1.29 is 22.7 Å². The Labute approximate surface area is 192 Å². The molecular weight excluding hydrogens is 452 g/mol. The monoisotopic (exact) mass is 476 g/mol. The summed E-state index contributed by atoms with van der Waals surface area (Å²) in [5.41, 5.74) is 2.10. The van der Waals surface area contributed by atoms with Crippen molar-refractivity contribution in [1.29, 1.82) is 0 Å². The number of fused-ring (bicyclic) bond motifs is 1. The van der Waals surface area contributed by atoms with E-state index < -0.39 is 22.6 Å². The summed E-state index contributed by atoms with van der Waals surface area (Å²) < 4.78 is 33.0. The van der Waals surface area contributed by atoms with Gasteiger partial charge in [0, 0.05) is 19.1 Å². The van der Waals surface area contributed by atoms with Gasteiger partial charge in [-0.3, -0.25) is 4.79 Å². The van der Waals surface area contributed by atoms with Crippen molar-refractivity contribution in [2.75, 3.05) is 13.2 Å². The molecule has 1 aliphatic carbocycles. The van der Waals surface area contributed by atoms with Gasteiger partial charge in [0.1, 0.15) is 4.90 Å². The number of carbonyl (C=O) groups excluding carboxylic acids is 2. The predicted molar refractivity (Wildman–Crippen MR) is 120 cm³/mol. The molecule has 1 saturated carbocycles. The molecule has 2 aromatic rings. The van der Waals surface area contributed by atoms with Crippen molar-refractivity contribution in [1.82, 2.24) is 9.62 Å². The van der Waals surface area contributed by atoms with Gasteiger partial charge < -0.3 is 10.1 Å². The first kappa shape index (κ1) is 22.8. The van der Waals surface area contributed by atoms with Crippen LogP contribution in [0.15, 0.2) is 47.4 Å². The van der Waals surface area contributed by atoms with Crippen molar-refractivity contribution in [3.8, 4) is 0 Å². The van der Waals surface area contributed by atoms with E-state index in [1.165, 1.54) is 22.5 Å². The summed E-state index contributed by atoms with van der Waals surface area (Å²) in [6.07, 6.45) is 4.62. The number of halogens is 1. The average molecular weight is 477 g/mol. The SMILES string of the molecule is O=C(COC(=O)c1ccc(Cl)c(S(=O)(=O)N2CCc3ccccc3C2)c1)NC1CCCC1. The fourth-order valence-electron chi connectivity index (χ4n) is 4.20. The molecule has 1 fully saturated rings. The molecule has 1 heterocycles. The minimum atomic E-state index is -3.92. The average Bonchev–Trinajstić information content (AvgIpc) is 3.30. The largest absolute Gasteiger partial charge is 0.452 e. The van der Waals surface area contributed by atoms with Gasteiger partial charge in [-0.1, -0.05) is 48.7 Å². The van der Waals surface area contributed by atoms with Crippen LogP contribution in [0.5, 0.6) is 0 Å². The Hall–Kier alpha value is -2.42. The molecule has 0 radical (unpaired) electrons. The number of esters is 1. The molecule has 9 heteroatoms. The molecule has 0 saturated heterocycles. The first-order valence-electron chi connectivity index (χ1n) is 10.7. The smallest absolute Gasteiger partial charge is 0.338 e. The summed E-state index contributed by atoms with van der Waals surface area (Å²) in [5, 5.41) is 2.87. The number of hydrogen-bond donors (Lipinski definition) is 1. The molecule has 1 amide bonds. The summed E-state index contributed by atoms with van der Waals surface area (Å²) in [7, 11) is -3.92. The Bertz CT molecular complexity index is 1130. The van der Waals surface area contributed by atoms with Crippen LogP contribution in [0.1, 0.15) is 47.2 Å². The van der Waals surface area contributed by atoms with Gasteiger partial charge in [0.25, 0.3) is 5.91 Å². The van der Waals surface area contributed by atoms with E-state index in [0.717, 1.165) is 36.8 Å². The third-order valence-corrected chi connectivity index (χ3v) is 8.26. The van der Waals surface area contributed by atoms with Crippen LogP contribution in [0.4, 0.5) is 0 Å². The molecule has 1 aliphatic heterocycles. The third-order valence-electron chi connectivity index (χ3n) is 5.93. The zero-order chi connectivity index (χ0) is 22.7. The van der Waals surface area contributed by atoms with E-state index in [4.69, 9.17) is 16.3 Å². The summed E-state index contributed by atoms with van der Waals surface area (Å²) in [6.45, 7) is 0.152. The second kappa shape index (κ2) is 9.60. The number of sulfonamides is 1. The van der Waals surface area contributed by atoms with Crippen molar-refractivity contribution in [3.63, 3.8) is 0 Å². The number of rotatable bonds is 6. The normalized spacial score (nSPS) is 17.0. The minimum absolute atomic E-state index is 0.0269. The fraction of sp³-hybridized carbons (Fsp3) is 0.391. The molecule has 0 aromatic heterocycles. The van der Waals surface area contributed by atoms with Gasteiger partial charge in [-0.15, -0.1) is 0 Å². The van der Waals surface area contributed by atoms with Crippen LogP contribution < -0.4 is 5.32 Å². The van der Waals surface area contributed by atoms with Gasteiger partial charge in [-0.05, 0) is 48.6 Å². The Morgan fingerprint density at radius 2 is 1.81 bits per heavy atom. The molecule has 4 rings (SSSR count). The zero-order valence-corrected chi connectivity index (χ0v) is 19.1. The first-order valence-corrected chi connectivity index (χ1v) is 12.5. The second-order valence-electron chi connectivity index (χ2n) is 8.13. The van der Waals surface area contributed by atoms with Gasteiger partial charge in [0.2, 0.25) is 10.0 Å². The minimum Gasteiger partial charge on any atom is -0.452 e. The first-order chi connectivity index (χ1) is 15.3. The standard InChI is InChI=1S/C23H25ClN2O5S/c24-20-10-9-17(23(28)31-15-22(27)25-19-7-3-4-8-19)13-21(20)32(29,30)26-12-11-16-5-1-2-6-18(16)14-26/h1-2,5-6,9-10,13,19H,3-4,7-8,11-12,14-15H2,(H,25,27). The molecule has 2 aliphatic rings. The summed E-state index contributed by atoms with van der Waals surface area (Å²) in [4.78, 5) is 24.3. The quantitative estimate of drug-likeness (QED) is 0.646. The van der Waals surface area contributed by atoms with Crippen LogP contribution in [-0.4, -0.2) is 43.8 Å². The van der Waals surface area contributed by atoms with E-state index in [1.807, 2.05) is 24.3 Å². The topological polar surface area (TPSA) is 92.8 Å². The lowest BCUT2D eigenvalue weighted by atomic mass is 10.0. The van der Waals surface area contributed by atoms with Crippen molar-refractivity contribution in [2.24, 2.45) is 0 Å². The lowest BCUT2D eigenvalue weighted by Crippen LogP contribution is -2.36. The Kier molecular flexibility index (Phi) is 6.83. The van der Waals surface area contributed by atoms with Crippen LogP contribution >= 0.6 is 11.6 Å². The lowest BCUT2D eigenvalue weighted by Gasteiger charge is -2.28. The molecule has 0 spiro atoms. The van der Waals surface area contributed by atoms with Gasteiger partial charge >= 0.3 is 5.97 Å². The maximum absolute atomic E-state index is 13.3. The number of amides is 1.